The predicted molar refractivity (Wildman–Crippen MR) is 78.4 cm³/mol. The standard InChI is InChI=1S/C16H14N4/c1-12-6-7-20-11-14(19-16(20)8-12)10-18-15-5-3-2-4-13(15)9-17/h2-8,11,18H,10H2,1H3. The Labute approximate surface area is 117 Å². The van der Waals surface area contributed by atoms with Crippen molar-refractivity contribution in [1.29, 1.82) is 5.26 Å². The minimum atomic E-state index is 0.597. The van der Waals surface area contributed by atoms with Crippen molar-refractivity contribution in [2.75, 3.05) is 5.32 Å². The van der Waals surface area contributed by atoms with Gasteiger partial charge in [-0.3, -0.25) is 0 Å². The zero-order valence-electron chi connectivity index (χ0n) is 11.2. The van der Waals surface area contributed by atoms with Gasteiger partial charge in [0.1, 0.15) is 11.7 Å². The number of imidazole rings is 1. The van der Waals surface area contributed by atoms with Gasteiger partial charge in [-0.15, -0.1) is 0 Å². The Balaban J connectivity index is 1.82. The Morgan fingerprint density at radius 1 is 1.30 bits per heavy atom. The molecule has 3 rings (SSSR count). The molecule has 98 valence electrons. The van der Waals surface area contributed by atoms with Crippen molar-refractivity contribution in [3.8, 4) is 6.07 Å². The van der Waals surface area contributed by atoms with Crippen LogP contribution < -0.4 is 5.32 Å². The number of aryl methyl sites for hydroxylation is 1. The van der Waals surface area contributed by atoms with Crippen LogP contribution in [0.1, 0.15) is 16.8 Å². The summed E-state index contributed by atoms with van der Waals surface area (Å²) < 4.78 is 2.00. The fourth-order valence-electron chi connectivity index (χ4n) is 2.14. The Hall–Kier alpha value is -2.80. The molecule has 2 heterocycles. The Kier molecular flexibility index (Phi) is 3.10. The zero-order valence-corrected chi connectivity index (χ0v) is 11.2. The van der Waals surface area contributed by atoms with Crippen LogP contribution in [0, 0.1) is 18.3 Å². The number of hydrogen-bond donors (Lipinski definition) is 1. The van der Waals surface area contributed by atoms with Gasteiger partial charge in [-0.05, 0) is 36.8 Å². The van der Waals surface area contributed by atoms with Crippen LogP contribution in [0.4, 0.5) is 5.69 Å². The van der Waals surface area contributed by atoms with E-state index in [-0.39, 0.29) is 0 Å². The van der Waals surface area contributed by atoms with Crippen molar-refractivity contribution in [2.24, 2.45) is 0 Å². The van der Waals surface area contributed by atoms with Gasteiger partial charge >= 0.3 is 0 Å². The lowest BCUT2D eigenvalue weighted by Crippen LogP contribution is -2.01. The summed E-state index contributed by atoms with van der Waals surface area (Å²) in [6.45, 7) is 2.65. The lowest BCUT2D eigenvalue weighted by molar-refractivity contribution is 1.08. The van der Waals surface area contributed by atoms with E-state index in [2.05, 4.69) is 29.4 Å². The minimum absolute atomic E-state index is 0.597. The number of pyridine rings is 1. The molecule has 20 heavy (non-hydrogen) atoms. The molecule has 0 unspecified atom stereocenters. The van der Waals surface area contributed by atoms with Gasteiger partial charge in [-0.2, -0.15) is 5.26 Å². The average Bonchev–Trinajstić information content (AvgIpc) is 2.87. The molecule has 0 spiro atoms. The second-order valence-corrected chi connectivity index (χ2v) is 4.71. The van der Waals surface area contributed by atoms with E-state index in [4.69, 9.17) is 5.26 Å². The van der Waals surface area contributed by atoms with Gasteiger partial charge in [0.15, 0.2) is 0 Å². The number of anilines is 1. The van der Waals surface area contributed by atoms with Crippen molar-refractivity contribution in [3.63, 3.8) is 0 Å². The highest BCUT2D eigenvalue weighted by Gasteiger charge is 2.04. The second kappa shape index (κ2) is 5.06. The SMILES string of the molecule is Cc1ccn2cc(CNc3ccccc3C#N)nc2c1. The molecular formula is C16H14N4. The van der Waals surface area contributed by atoms with Gasteiger partial charge in [0.05, 0.1) is 23.5 Å². The maximum Gasteiger partial charge on any atom is 0.137 e. The first-order valence-corrected chi connectivity index (χ1v) is 6.43. The van der Waals surface area contributed by atoms with Crippen LogP contribution in [-0.4, -0.2) is 9.38 Å². The topological polar surface area (TPSA) is 53.1 Å². The van der Waals surface area contributed by atoms with E-state index in [1.807, 2.05) is 41.1 Å². The number of benzene rings is 1. The molecule has 0 saturated carbocycles. The summed E-state index contributed by atoms with van der Waals surface area (Å²) in [4.78, 5) is 4.56. The lowest BCUT2D eigenvalue weighted by atomic mass is 10.2. The Bertz CT molecular complexity index is 796. The summed E-state index contributed by atoms with van der Waals surface area (Å²) in [7, 11) is 0. The van der Waals surface area contributed by atoms with Crippen molar-refractivity contribution >= 4 is 11.3 Å². The number of nitriles is 1. The highest BCUT2D eigenvalue weighted by Crippen LogP contribution is 2.15. The normalized spacial score (nSPS) is 10.4. The van der Waals surface area contributed by atoms with Crippen LogP contribution in [0.25, 0.3) is 5.65 Å². The molecule has 0 amide bonds. The van der Waals surface area contributed by atoms with E-state index < -0.39 is 0 Å². The summed E-state index contributed by atoms with van der Waals surface area (Å²) in [6.07, 6.45) is 4.00. The molecule has 1 N–H and O–H groups in total. The van der Waals surface area contributed by atoms with Crippen molar-refractivity contribution in [3.05, 3.63) is 65.6 Å². The van der Waals surface area contributed by atoms with Crippen LogP contribution in [0.5, 0.6) is 0 Å². The third-order valence-electron chi connectivity index (χ3n) is 3.17. The van der Waals surface area contributed by atoms with E-state index in [9.17, 15) is 0 Å². The number of aromatic nitrogens is 2. The van der Waals surface area contributed by atoms with Gasteiger partial charge in [0.2, 0.25) is 0 Å². The predicted octanol–water partition coefficient (Wildman–Crippen LogP) is 3.13. The molecule has 0 fully saturated rings. The molecule has 0 bridgehead atoms. The number of rotatable bonds is 3. The molecule has 2 aromatic heterocycles. The highest BCUT2D eigenvalue weighted by atomic mass is 15.0. The fraction of sp³-hybridized carbons (Fsp3) is 0.125. The minimum Gasteiger partial charge on any atom is -0.378 e. The maximum absolute atomic E-state index is 9.05. The average molecular weight is 262 g/mol. The fourth-order valence-corrected chi connectivity index (χ4v) is 2.14. The summed E-state index contributed by atoms with van der Waals surface area (Å²) in [6, 6.07) is 13.8. The summed E-state index contributed by atoms with van der Waals surface area (Å²) in [5.74, 6) is 0. The second-order valence-electron chi connectivity index (χ2n) is 4.71. The highest BCUT2D eigenvalue weighted by molar-refractivity contribution is 5.57. The van der Waals surface area contributed by atoms with E-state index >= 15 is 0 Å². The van der Waals surface area contributed by atoms with Gasteiger partial charge < -0.3 is 9.72 Å². The van der Waals surface area contributed by atoms with Gasteiger partial charge in [-0.25, -0.2) is 4.98 Å². The molecule has 3 aromatic rings. The van der Waals surface area contributed by atoms with Crippen molar-refractivity contribution < 1.29 is 0 Å². The quantitative estimate of drug-likeness (QED) is 0.789. The smallest absolute Gasteiger partial charge is 0.137 e. The molecule has 1 aromatic carbocycles. The zero-order chi connectivity index (χ0) is 13.9. The van der Waals surface area contributed by atoms with E-state index in [0.717, 1.165) is 17.0 Å². The third kappa shape index (κ3) is 2.34. The third-order valence-corrected chi connectivity index (χ3v) is 3.17. The maximum atomic E-state index is 9.05. The number of nitrogens with zero attached hydrogens (tertiary/aromatic N) is 3. The molecule has 4 nitrogen and oxygen atoms in total. The van der Waals surface area contributed by atoms with Gasteiger partial charge in [0.25, 0.3) is 0 Å². The van der Waals surface area contributed by atoms with Crippen LogP contribution >= 0.6 is 0 Å². The van der Waals surface area contributed by atoms with Crippen LogP contribution in [0.2, 0.25) is 0 Å². The molecule has 0 saturated heterocycles. The number of hydrogen-bond acceptors (Lipinski definition) is 3. The van der Waals surface area contributed by atoms with E-state index in [1.54, 1.807) is 6.07 Å². The molecule has 0 aliphatic heterocycles. The molecular weight excluding hydrogens is 248 g/mol. The first kappa shape index (κ1) is 12.2. The molecule has 0 atom stereocenters. The first-order chi connectivity index (χ1) is 9.76. The van der Waals surface area contributed by atoms with Gasteiger partial charge in [0, 0.05) is 12.4 Å². The molecule has 0 radical (unpaired) electrons. The van der Waals surface area contributed by atoms with Crippen molar-refractivity contribution in [2.45, 2.75) is 13.5 Å². The molecule has 0 aliphatic carbocycles. The van der Waals surface area contributed by atoms with E-state index in [0.29, 0.717) is 12.1 Å². The number of nitrogens with one attached hydrogen (secondary N) is 1. The molecule has 4 heteroatoms. The van der Waals surface area contributed by atoms with E-state index in [1.165, 1.54) is 5.56 Å². The number of fused-ring (bicyclic) bond motifs is 1. The van der Waals surface area contributed by atoms with Crippen LogP contribution in [0.3, 0.4) is 0 Å². The molecule has 0 aliphatic rings. The summed E-state index contributed by atoms with van der Waals surface area (Å²) in [5.41, 5.74) is 4.56. The largest absolute Gasteiger partial charge is 0.378 e. The summed E-state index contributed by atoms with van der Waals surface area (Å²) >= 11 is 0. The van der Waals surface area contributed by atoms with Gasteiger partial charge in [-0.1, -0.05) is 12.1 Å². The van der Waals surface area contributed by atoms with Crippen molar-refractivity contribution in [1.82, 2.24) is 9.38 Å². The Morgan fingerprint density at radius 2 is 2.15 bits per heavy atom. The Morgan fingerprint density at radius 3 is 3.00 bits per heavy atom. The summed E-state index contributed by atoms with van der Waals surface area (Å²) in [5, 5.41) is 12.3. The number of para-hydroxylation sites is 1. The first-order valence-electron chi connectivity index (χ1n) is 6.43. The lowest BCUT2D eigenvalue weighted by Gasteiger charge is -2.05. The van der Waals surface area contributed by atoms with Crippen LogP contribution in [-0.2, 0) is 6.54 Å². The monoisotopic (exact) mass is 262 g/mol. The van der Waals surface area contributed by atoms with Crippen LogP contribution in [0.15, 0.2) is 48.8 Å².